The van der Waals surface area contributed by atoms with Crippen LogP contribution in [0.1, 0.15) is 41.5 Å². The number of hydrogen-bond acceptors (Lipinski definition) is 4. The highest BCUT2D eigenvalue weighted by molar-refractivity contribution is 5.81. The highest BCUT2D eigenvalue weighted by Gasteiger charge is 2.28. The lowest BCUT2D eigenvalue weighted by atomic mass is 9.98. The molecule has 28 heavy (non-hydrogen) atoms. The van der Waals surface area contributed by atoms with Crippen molar-refractivity contribution in [3.8, 4) is 0 Å². The van der Waals surface area contributed by atoms with Crippen LogP contribution in [0.2, 0.25) is 0 Å². The fourth-order valence-electron chi connectivity index (χ4n) is 3.32. The smallest absolute Gasteiger partial charge is 0.312 e. The molecule has 2 aromatic carbocycles. The molecule has 0 aliphatic carbocycles. The average molecular weight is 378 g/mol. The first-order valence-corrected chi connectivity index (χ1v) is 9.00. The molecule has 0 aliphatic heterocycles. The van der Waals surface area contributed by atoms with Crippen LogP contribution >= 0.6 is 0 Å². The number of amides is 1. The molecule has 0 saturated heterocycles. The fraction of sp³-hybridized carbons (Fsp3) is 0.238. The van der Waals surface area contributed by atoms with Gasteiger partial charge in [0, 0.05) is 0 Å². The second-order valence-corrected chi connectivity index (χ2v) is 6.66. The predicted octanol–water partition coefficient (Wildman–Crippen LogP) is 3.87. The minimum Gasteiger partial charge on any atom is -0.343 e. The summed E-state index contributed by atoms with van der Waals surface area (Å²) in [6.45, 7) is 4.86. The molecule has 1 N–H and O–H groups in total. The summed E-state index contributed by atoms with van der Waals surface area (Å²) in [6, 6.07) is 18.3. The zero-order valence-corrected chi connectivity index (χ0v) is 16.0. The highest BCUT2D eigenvalue weighted by Crippen LogP contribution is 2.26. The standard InChI is InChI=1S/C21H22N4O3/c1-14-20(25(27)28)15(2)24(23-14)16(3)21(26)22-19(17-10-6-4-7-11-17)18-12-8-5-9-13-18/h4-13,16,19H,1-3H3,(H,22,26)/t16-/m0/s1. The number of aryl methyl sites for hydroxylation is 1. The maximum atomic E-state index is 13.0. The van der Waals surface area contributed by atoms with E-state index in [4.69, 9.17) is 0 Å². The van der Waals surface area contributed by atoms with Crippen molar-refractivity contribution in [1.29, 1.82) is 0 Å². The first kappa shape index (κ1) is 19.3. The number of rotatable bonds is 6. The second-order valence-electron chi connectivity index (χ2n) is 6.66. The summed E-state index contributed by atoms with van der Waals surface area (Å²) in [5.41, 5.74) is 2.51. The van der Waals surface area contributed by atoms with Crippen molar-refractivity contribution in [1.82, 2.24) is 15.1 Å². The van der Waals surface area contributed by atoms with E-state index in [2.05, 4.69) is 10.4 Å². The largest absolute Gasteiger partial charge is 0.343 e. The Morgan fingerprint density at radius 1 is 1.04 bits per heavy atom. The molecule has 7 nitrogen and oxygen atoms in total. The molecular formula is C21H22N4O3. The number of nitrogens with zero attached hydrogens (tertiary/aromatic N) is 3. The topological polar surface area (TPSA) is 90.1 Å². The molecule has 0 saturated carbocycles. The molecule has 1 atom stereocenters. The average Bonchev–Trinajstić information content (AvgIpc) is 3.00. The summed E-state index contributed by atoms with van der Waals surface area (Å²) in [5.74, 6) is -0.266. The second kappa shape index (κ2) is 8.04. The SMILES string of the molecule is Cc1nn([C@@H](C)C(=O)NC(c2ccccc2)c2ccccc2)c(C)c1[N+](=O)[O-]. The normalized spacial score (nSPS) is 12.0. The molecule has 1 aromatic heterocycles. The molecule has 0 aliphatic rings. The fourth-order valence-corrected chi connectivity index (χ4v) is 3.32. The lowest BCUT2D eigenvalue weighted by Gasteiger charge is -2.22. The Morgan fingerprint density at radius 3 is 1.96 bits per heavy atom. The van der Waals surface area contributed by atoms with Gasteiger partial charge in [0.05, 0.1) is 11.0 Å². The van der Waals surface area contributed by atoms with Crippen molar-refractivity contribution in [2.24, 2.45) is 0 Å². The Balaban J connectivity index is 1.91. The maximum Gasteiger partial charge on any atom is 0.312 e. The lowest BCUT2D eigenvalue weighted by Crippen LogP contribution is -2.35. The van der Waals surface area contributed by atoms with Crippen LogP contribution in [-0.2, 0) is 4.79 Å². The van der Waals surface area contributed by atoms with E-state index >= 15 is 0 Å². The molecule has 3 rings (SSSR count). The Labute approximate surface area is 163 Å². The van der Waals surface area contributed by atoms with Crippen LogP contribution in [-0.4, -0.2) is 20.6 Å². The molecule has 0 fully saturated rings. The summed E-state index contributed by atoms with van der Waals surface area (Å²) in [5, 5.41) is 18.5. The summed E-state index contributed by atoms with van der Waals surface area (Å²) < 4.78 is 1.41. The van der Waals surface area contributed by atoms with Gasteiger partial charge in [0.15, 0.2) is 0 Å². The number of nitrogens with one attached hydrogen (secondary N) is 1. The van der Waals surface area contributed by atoms with Crippen molar-refractivity contribution in [2.45, 2.75) is 32.9 Å². The van der Waals surface area contributed by atoms with Crippen LogP contribution in [0.15, 0.2) is 60.7 Å². The molecule has 0 spiro atoms. The van der Waals surface area contributed by atoms with Crippen LogP contribution in [0.4, 0.5) is 5.69 Å². The summed E-state index contributed by atoms with van der Waals surface area (Å²) in [4.78, 5) is 23.8. The number of hydrogen-bond donors (Lipinski definition) is 1. The molecule has 0 radical (unpaired) electrons. The predicted molar refractivity (Wildman–Crippen MR) is 106 cm³/mol. The van der Waals surface area contributed by atoms with Crippen molar-refractivity contribution >= 4 is 11.6 Å². The molecule has 144 valence electrons. The Morgan fingerprint density at radius 2 is 1.54 bits per heavy atom. The molecule has 3 aromatic rings. The summed E-state index contributed by atoms with van der Waals surface area (Å²) in [7, 11) is 0. The van der Waals surface area contributed by atoms with Gasteiger partial charge in [0.2, 0.25) is 5.91 Å². The van der Waals surface area contributed by atoms with E-state index in [0.29, 0.717) is 11.4 Å². The van der Waals surface area contributed by atoms with E-state index in [1.54, 1.807) is 20.8 Å². The van der Waals surface area contributed by atoms with Crippen molar-refractivity contribution in [2.75, 3.05) is 0 Å². The van der Waals surface area contributed by atoms with Gasteiger partial charge >= 0.3 is 5.69 Å². The third kappa shape index (κ3) is 3.78. The first-order chi connectivity index (χ1) is 13.4. The lowest BCUT2D eigenvalue weighted by molar-refractivity contribution is -0.386. The van der Waals surface area contributed by atoms with E-state index in [0.717, 1.165) is 11.1 Å². The minimum absolute atomic E-state index is 0.0534. The molecule has 1 amide bonds. The molecule has 7 heteroatoms. The maximum absolute atomic E-state index is 13.0. The number of carbonyl (C=O) groups is 1. The van der Waals surface area contributed by atoms with Gasteiger partial charge in [-0.3, -0.25) is 19.6 Å². The van der Waals surface area contributed by atoms with Gasteiger partial charge in [-0.15, -0.1) is 0 Å². The monoisotopic (exact) mass is 378 g/mol. The van der Waals surface area contributed by atoms with Gasteiger partial charge in [-0.25, -0.2) is 0 Å². The van der Waals surface area contributed by atoms with E-state index in [1.807, 2.05) is 60.7 Å². The minimum atomic E-state index is -0.692. The van der Waals surface area contributed by atoms with E-state index in [1.165, 1.54) is 4.68 Å². The van der Waals surface area contributed by atoms with Crippen LogP contribution < -0.4 is 5.32 Å². The van der Waals surface area contributed by atoms with Gasteiger partial charge in [-0.1, -0.05) is 60.7 Å². The van der Waals surface area contributed by atoms with E-state index in [-0.39, 0.29) is 17.6 Å². The van der Waals surface area contributed by atoms with Gasteiger partial charge in [0.1, 0.15) is 17.4 Å². The number of carbonyl (C=O) groups excluding carboxylic acids is 1. The summed E-state index contributed by atoms with van der Waals surface area (Å²) in [6.07, 6.45) is 0. The van der Waals surface area contributed by atoms with E-state index < -0.39 is 11.0 Å². The third-order valence-electron chi connectivity index (χ3n) is 4.77. The molecule has 0 unspecified atom stereocenters. The number of benzene rings is 2. The Hall–Kier alpha value is -3.48. The Bertz CT molecular complexity index is 944. The highest BCUT2D eigenvalue weighted by atomic mass is 16.6. The van der Waals surface area contributed by atoms with Crippen LogP contribution in [0.5, 0.6) is 0 Å². The van der Waals surface area contributed by atoms with Gasteiger partial charge in [-0.05, 0) is 31.9 Å². The quantitative estimate of drug-likeness (QED) is 0.521. The van der Waals surface area contributed by atoms with Crippen LogP contribution in [0.25, 0.3) is 0 Å². The van der Waals surface area contributed by atoms with Gasteiger partial charge in [-0.2, -0.15) is 5.10 Å². The molecular weight excluding hydrogens is 356 g/mol. The van der Waals surface area contributed by atoms with Crippen LogP contribution in [0.3, 0.4) is 0 Å². The number of nitro groups is 1. The Kier molecular flexibility index (Phi) is 5.54. The molecule has 1 heterocycles. The first-order valence-electron chi connectivity index (χ1n) is 9.00. The third-order valence-corrected chi connectivity index (χ3v) is 4.77. The summed E-state index contributed by atoms with van der Waals surface area (Å²) >= 11 is 0. The van der Waals surface area contributed by atoms with Crippen LogP contribution in [0, 0.1) is 24.0 Å². The zero-order chi connectivity index (χ0) is 20.3. The van der Waals surface area contributed by atoms with Crippen molar-refractivity contribution in [3.05, 3.63) is 93.3 Å². The van der Waals surface area contributed by atoms with Crippen molar-refractivity contribution < 1.29 is 9.72 Å². The van der Waals surface area contributed by atoms with Gasteiger partial charge in [0.25, 0.3) is 0 Å². The van der Waals surface area contributed by atoms with Crippen molar-refractivity contribution in [3.63, 3.8) is 0 Å². The van der Waals surface area contributed by atoms with Gasteiger partial charge < -0.3 is 5.32 Å². The van der Waals surface area contributed by atoms with E-state index in [9.17, 15) is 14.9 Å². The zero-order valence-electron chi connectivity index (χ0n) is 16.0. The molecule has 0 bridgehead atoms. The number of aromatic nitrogens is 2.